The van der Waals surface area contributed by atoms with Crippen LogP contribution in [-0.4, -0.2) is 34.8 Å². The number of carboxylic acid groups (broad SMARTS) is 1. The van der Waals surface area contributed by atoms with Crippen molar-refractivity contribution in [1.82, 2.24) is 10.6 Å². The van der Waals surface area contributed by atoms with E-state index in [0.717, 1.165) is 19.3 Å². The van der Waals surface area contributed by atoms with E-state index in [1.165, 1.54) is 12.2 Å². The standard InChI is InChI=1S/C11H21NO3.C4H3NO2/c1-4-5-6-7-9(13)12-10(8(2)3)11(14)15;6-3-1-2-4(7)5-3/h8,10H,4-7H2,1-3H3,(H,12,13)(H,14,15);1-2H,(H,5,6,7). The molecule has 0 bridgehead atoms. The summed E-state index contributed by atoms with van der Waals surface area (Å²) in [5.41, 5.74) is 0. The summed E-state index contributed by atoms with van der Waals surface area (Å²) >= 11 is 0. The molecule has 7 nitrogen and oxygen atoms in total. The van der Waals surface area contributed by atoms with Gasteiger partial charge in [0, 0.05) is 18.6 Å². The third kappa shape index (κ3) is 8.89. The second kappa shape index (κ2) is 10.5. The Kier molecular flexibility index (Phi) is 9.49. The summed E-state index contributed by atoms with van der Waals surface area (Å²) in [6, 6.07) is -0.765. The van der Waals surface area contributed by atoms with Crippen molar-refractivity contribution in [1.29, 1.82) is 0 Å². The number of imide groups is 1. The maximum atomic E-state index is 11.4. The molecule has 0 spiro atoms. The lowest BCUT2D eigenvalue weighted by Gasteiger charge is -2.17. The van der Waals surface area contributed by atoms with E-state index in [-0.39, 0.29) is 23.6 Å². The highest BCUT2D eigenvalue weighted by Crippen LogP contribution is 2.04. The van der Waals surface area contributed by atoms with Gasteiger partial charge in [0.25, 0.3) is 11.8 Å². The van der Waals surface area contributed by atoms with Gasteiger partial charge in [-0.15, -0.1) is 0 Å². The lowest BCUT2D eigenvalue weighted by molar-refractivity contribution is -0.143. The third-order valence-corrected chi connectivity index (χ3v) is 2.89. The van der Waals surface area contributed by atoms with Crippen LogP contribution in [-0.2, 0) is 19.2 Å². The lowest BCUT2D eigenvalue weighted by Crippen LogP contribution is -2.44. The first-order valence-corrected chi connectivity index (χ1v) is 7.33. The SMILES string of the molecule is CCCCCC(=O)NC(C(=O)O)C(C)C.O=C1C=CC(=O)N1. The molecule has 1 rings (SSSR count). The fraction of sp³-hybridized carbons (Fsp3) is 0.600. The molecule has 0 aromatic carbocycles. The Labute approximate surface area is 130 Å². The predicted molar refractivity (Wildman–Crippen MR) is 80.8 cm³/mol. The van der Waals surface area contributed by atoms with Crippen molar-refractivity contribution in [3.63, 3.8) is 0 Å². The molecule has 0 aromatic rings. The van der Waals surface area contributed by atoms with Gasteiger partial charge in [0.1, 0.15) is 6.04 Å². The fourth-order valence-electron chi connectivity index (χ4n) is 1.65. The molecule has 0 radical (unpaired) electrons. The van der Waals surface area contributed by atoms with E-state index in [2.05, 4.69) is 12.2 Å². The van der Waals surface area contributed by atoms with E-state index >= 15 is 0 Å². The van der Waals surface area contributed by atoms with E-state index in [9.17, 15) is 19.2 Å². The van der Waals surface area contributed by atoms with Gasteiger partial charge in [-0.25, -0.2) is 4.79 Å². The molecule has 1 aliphatic rings. The van der Waals surface area contributed by atoms with Crippen LogP contribution in [0.25, 0.3) is 0 Å². The highest BCUT2D eigenvalue weighted by molar-refractivity contribution is 6.12. The number of carbonyl (C=O) groups excluding carboxylic acids is 3. The topological polar surface area (TPSA) is 113 Å². The van der Waals surface area contributed by atoms with Gasteiger partial charge < -0.3 is 10.4 Å². The van der Waals surface area contributed by atoms with Gasteiger partial charge in [-0.3, -0.25) is 19.7 Å². The van der Waals surface area contributed by atoms with Gasteiger partial charge >= 0.3 is 5.97 Å². The Hall–Kier alpha value is -2.18. The Bertz CT molecular complexity index is 427. The summed E-state index contributed by atoms with van der Waals surface area (Å²) in [4.78, 5) is 42.2. The number of hydrogen-bond donors (Lipinski definition) is 3. The van der Waals surface area contributed by atoms with Crippen LogP contribution in [0.3, 0.4) is 0 Å². The molecule has 0 aromatic heterocycles. The minimum absolute atomic E-state index is 0.0855. The van der Waals surface area contributed by atoms with Gasteiger partial charge in [0.2, 0.25) is 5.91 Å². The van der Waals surface area contributed by atoms with Crippen LogP contribution >= 0.6 is 0 Å². The van der Waals surface area contributed by atoms with E-state index in [1.54, 1.807) is 13.8 Å². The summed E-state index contributed by atoms with van der Waals surface area (Å²) in [6.45, 7) is 5.63. The molecule has 1 unspecified atom stereocenters. The van der Waals surface area contributed by atoms with E-state index in [4.69, 9.17) is 5.11 Å². The van der Waals surface area contributed by atoms with Crippen LogP contribution in [0, 0.1) is 5.92 Å². The first-order chi connectivity index (χ1) is 10.3. The van der Waals surface area contributed by atoms with Crippen LogP contribution < -0.4 is 10.6 Å². The molecular formula is C15H24N2O5. The Morgan fingerprint density at radius 2 is 1.73 bits per heavy atom. The normalized spacial score (nSPS) is 14.2. The van der Waals surface area contributed by atoms with Gasteiger partial charge in [-0.05, 0) is 12.3 Å². The number of unbranched alkanes of at least 4 members (excludes halogenated alkanes) is 2. The van der Waals surface area contributed by atoms with Crippen LogP contribution in [0.2, 0.25) is 0 Å². The number of amides is 3. The molecule has 0 aliphatic carbocycles. The number of aliphatic carboxylic acids is 1. The average molecular weight is 312 g/mol. The summed E-state index contributed by atoms with van der Waals surface area (Å²) in [5.74, 6) is -1.87. The van der Waals surface area contributed by atoms with Crippen LogP contribution in [0.5, 0.6) is 0 Å². The quantitative estimate of drug-likeness (QED) is 0.479. The maximum absolute atomic E-state index is 11.4. The molecule has 1 heterocycles. The van der Waals surface area contributed by atoms with Crippen molar-refractivity contribution >= 4 is 23.7 Å². The van der Waals surface area contributed by atoms with Crippen molar-refractivity contribution < 1.29 is 24.3 Å². The zero-order valence-corrected chi connectivity index (χ0v) is 13.2. The average Bonchev–Trinajstić information content (AvgIpc) is 2.80. The molecule has 22 heavy (non-hydrogen) atoms. The second-order valence-electron chi connectivity index (χ2n) is 5.27. The zero-order valence-electron chi connectivity index (χ0n) is 13.2. The lowest BCUT2D eigenvalue weighted by atomic mass is 10.0. The predicted octanol–water partition coefficient (Wildman–Crippen LogP) is 0.991. The van der Waals surface area contributed by atoms with Gasteiger partial charge in [-0.2, -0.15) is 0 Å². The smallest absolute Gasteiger partial charge is 0.326 e. The number of carboxylic acids is 1. The molecular weight excluding hydrogens is 288 g/mol. The minimum atomic E-state index is -0.964. The highest BCUT2D eigenvalue weighted by atomic mass is 16.4. The summed E-state index contributed by atoms with van der Waals surface area (Å²) < 4.78 is 0. The molecule has 0 saturated carbocycles. The number of nitrogens with one attached hydrogen (secondary N) is 2. The fourth-order valence-corrected chi connectivity index (χ4v) is 1.65. The summed E-state index contributed by atoms with van der Waals surface area (Å²) in [6.07, 6.45) is 5.70. The maximum Gasteiger partial charge on any atom is 0.326 e. The number of carbonyl (C=O) groups is 4. The number of hydrogen-bond acceptors (Lipinski definition) is 4. The Balaban J connectivity index is 0.000000518. The minimum Gasteiger partial charge on any atom is -0.480 e. The van der Waals surface area contributed by atoms with Crippen LogP contribution in [0.15, 0.2) is 12.2 Å². The highest BCUT2D eigenvalue weighted by Gasteiger charge is 2.22. The first kappa shape index (κ1) is 19.8. The summed E-state index contributed by atoms with van der Waals surface area (Å²) in [7, 11) is 0. The number of rotatable bonds is 7. The van der Waals surface area contributed by atoms with Gasteiger partial charge in [0.15, 0.2) is 0 Å². The molecule has 7 heteroatoms. The van der Waals surface area contributed by atoms with E-state index in [0.29, 0.717) is 6.42 Å². The first-order valence-electron chi connectivity index (χ1n) is 7.33. The summed E-state index contributed by atoms with van der Waals surface area (Å²) in [5, 5.41) is 13.4. The molecule has 124 valence electrons. The van der Waals surface area contributed by atoms with Crippen LogP contribution in [0.4, 0.5) is 0 Å². The van der Waals surface area contributed by atoms with E-state index < -0.39 is 12.0 Å². The monoisotopic (exact) mass is 312 g/mol. The second-order valence-corrected chi connectivity index (χ2v) is 5.27. The Morgan fingerprint density at radius 3 is 2.05 bits per heavy atom. The molecule has 0 saturated heterocycles. The molecule has 0 fully saturated rings. The molecule has 3 N–H and O–H groups in total. The largest absolute Gasteiger partial charge is 0.480 e. The van der Waals surface area contributed by atoms with Crippen molar-refractivity contribution in [3.05, 3.63) is 12.2 Å². The zero-order chi connectivity index (χ0) is 17.1. The van der Waals surface area contributed by atoms with E-state index in [1.807, 2.05) is 5.32 Å². The molecule has 1 atom stereocenters. The van der Waals surface area contributed by atoms with Crippen molar-refractivity contribution in [3.8, 4) is 0 Å². The third-order valence-electron chi connectivity index (χ3n) is 2.89. The van der Waals surface area contributed by atoms with Crippen molar-refractivity contribution in [2.24, 2.45) is 5.92 Å². The van der Waals surface area contributed by atoms with Crippen molar-refractivity contribution in [2.75, 3.05) is 0 Å². The molecule has 3 amide bonds. The van der Waals surface area contributed by atoms with Gasteiger partial charge in [-0.1, -0.05) is 33.6 Å². The van der Waals surface area contributed by atoms with Crippen molar-refractivity contribution in [2.45, 2.75) is 52.5 Å². The van der Waals surface area contributed by atoms with Crippen LogP contribution in [0.1, 0.15) is 46.5 Å². The van der Waals surface area contributed by atoms with Gasteiger partial charge in [0.05, 0.1) is 0 Å². The Morgan fingerprint density at radius 1 is 1.18 bits per heavy atom. The molecule has 1 aliphatic heterocycles.